The largest absolute Gasteiger partial charge is 0.462 e. The molecule has 0 spiro atoms. The van der Waals surface area contributed by atoms with Crippen molar-refractivity contribution in [1.82, 2.24) is 0 Å². The minimum Gasteiger partial charge on any atom is -0.462 e. The highest BCUT2D eigenvalue weighted by atomic mass is 16.5. The van der Waals surface area contributed by atoms with Gasteiger partial charge in [0.05, 0.1) is 0 Å². The first kappa shape index (κ1) is 26.5. The Bertz CT molecular complexity index is 785. The summed E-state index contributed by atoms with van der Waals surface area (Å²) in [5, 5.41) is 0. The Hall–Kier alpha value is -2.09. The van der Waals surface area contributed by atoms with Crippen molar-refractivity contribution >= 4 is 5.97 Å². The molecule has 3 rings (SSSR count). The van der Waals surface area contributed by atoms with Crippen molar-refractivity contribution in [3.05, 3.63) is 71.8 Å². The molecule has 0 saturated heterocycles. The lowest BCUT2D eigenvalue weighted by Crippen LogP contribution is -2.22. The fourth-order valence-electron chi connectivity index (χ4n) is 5.64. The van der Waals surface area contributed by atoms with Gasteiger partial charge in [-0.15, -0.1) is 0 Å². The van der Waals surface area contributed by atoms with E-state index in [1.54, 1.807) is 0 Å². The molecule has 3 atom stereocenters. The number of ether oxygens (including phenoxy) is 1. The number of rotatable bonds is 6. The third-order valence-corrected chi connectivity index (χ3v) is 7.64. The summed E-state index contributed by atoms with van der Waals surface area (Å²) < 4.78 is 5.86. The Balaban J connectivity index is 1.75. The quantitative estimate of drug-likeness (QED) is 0.401. The van der Waals surface area contributed by atoms with E-state index < -0.39 is 0 Å². The van der Waals surface area contributed by atoms with Crippen molar-refractivity contribution in [3.63, 3.8) is 0 Å². The van der Waals surface area contributed by atoms with Gasteiger partial charge in [-0.1, -0.05) is 106 Å². The van der Waals surface area contributed by atoms with Crippen molar-refractivity contribution in [2.45, 2.75) is 109 Å². The minimum absolute atomic E-state index is 0.0364. The molecule has 3 unspecified atom stereocenters. The Morgan fingerprint density at radius 1 is 0.647 bits per heavy atom. The van der Waals surface area contributed by atoms with Gasteiger partial charge in [0, 0.05) is 6.42 Å². The molecule has 0 N–H and O–H groups in total. The molecule has 1 aliphatic rings. The van der Waals surface area contributed by atoms with Crippen LogP contribution in [0.5, 0.6) is 0 Å². The predicted octanol–water partition coefficient (Wildman–Crippen LogP) is 8.72. The molecular weight excluding hydrogens is 416 g/mol. The van der Waals surface area contributed by atoms with Crippen LogP contribution >= 0.6 is 0 Å². The Morgan fingerprint density at radius 2 is 1.09 bits per heavy atom. The molecule has 2 aromatic carbocycles. The van der Waals surface area contributed by atoms with E-state index in [1.165, 1.54) is 75.3 Å². The molecule has 0 amide bonds. The van der Waals surface area contributed by atoms with Crippen molar-refractivity contribution in [3.8, 4) is 0 Å². The van der Waals surface area contributed by atoms with E-state index >= 15 is 0 Å². The number of esters is 1. The molecule has 0 radical (unpaired) electrons. The van der Waals surface area contributed by atoms with E-state index in [0.29, 0.717) is 18.3 Å². The van der Waals surface area contributed by atoms with Crippen LogP contribution in [-0.2, 0) is 22.4 Å². The minimum atomic E-state index is -0.0364. The first-order valence-electron chi connectivity index (χ1n) is 14.0. The molecule has 1 saturated carbocycles. The monoisotopic (exact) mass is 462 g/mol. The summed E-state index contributed by atoms with van der Waals surface area (Å²) in [6.07, 6.45) is 17.8. The zero-order chi connectivity index (χ0) is 23.8. The topological polar surface area (TPSA) is 26.3 Å². The van der Waals surface area contributed by atoms with Crippen LogP contribution in [0.25, 0.3) is 0 Å². The molecule has 186 valence electrons. The molecule has 34 heavy (non-hydrogen) atoms. The smallest absolute Gasteiger partial charge is 0.305 e. The third-order valence-electron chi connectivity index (χ3n) is 7.64. The van der Waals surface area contributed by atoms with Gasteiger partial charge in [0.25, 0.3) is 0 Å². The molecular formula is C32H46O2. The van der Waals surface area contributed by atoms with Crippen LogP contribution in [0.4, 0.5) is 0 Å². The van der Waals surface area contributed by atoms with Crippen molar-refractivity contribution in [2.75, 3.05) is 0 Å². The second kappa shape index (κ2) is 15.7. The van der Waals surface area contributed by atoms with Crippen LogP contribution in [0.3, 0.4) is 0 Å². The summed E-state index contributed by atoms with van der Waals surface area (Å²) in [7, 11) is 0. The summed E-state index contributed by atoms with van der Waals surface area (Å²) in [6.45, 7) is 1.90. The van der Waals surface area contributed by atoms with Gasteiger partial charge in [-0.2, -0.15) is 0 Å². The molecule has 0 aliphatic heterocycles. The van der Waals surface area contributed by atoms with E-state index in [2.05, 4.69) is 60.7 Å². The maximum Gasteiger partial charge on any atom is 0.305 e. The van der Waals surface area contributed by atoms with Crippen LogP contribution in [-0.4, -0.2) is 12.1 Å². The summed E-state index contributed by atoms with van der Waals surface area (Å²) in [4.78, 5) is 12.0. The summed E-state index contributed by atoms with van der Waals surface area (Å²) >= 11 is 0. The second-order valence-electron chi connectivity index (χ2n) is 10.3. The van der Waals surface area contributed by atoms with Gasteiger partial charge in [-0.25, -0.2) is 0 Å². The van der Waals surface area contributed by atoms with Crippen LogP contribution in [0.15, 0.2) is 60.7 Å². The zero-order valence-electron chi connectivity index (χ0n) is 21.4. The second-order valence-corrected chi connectivity index (χ2v) is 10.3. The van der Waals surface area contributed by atoms with Crippen molar-refractivity contribution in [2.24, 2.45) is 11.8 Å². The van der Waals surface area contributed by atoms with Gasteiger partial charge >= 0.3 is 5.97 Å². The van der Waals surface area contributed by atoms with Gasteiger partial charge < -0.3 is 4.74 Å². The van der Waals surface area contributed by atoms with E-state index in [9.17, 15) is 4.79 Å². The van der Waals surface area contributed by atoms with E-state index in [1.807, 2.05) is 6.92 Å². The number of benzene rings is 2. The van der Waals surface area contributed by atoms with Gasteiger partial charge in [0.2, 0.25) is 0 Å². The molecule has 0 bridgehead atoms. The predicted molar refractivity (Wildman–Crippen MR) is 143 cm³/mol. The molecule has 0 aromatic heterocycles. The standard InChI is InChI=1S/C32H46O2/c1-2-32(33)34-31-23-15-7-5-3-4-6-14-21-29(25-27-17-10-8-11-18-27)30(22-16-24-31)26-28-19-12-9-13-20-28/h8-13,17-20,29-31H,2-7,14-16,21-26H2,1H3. The lowest BCUT2D eigenvalue weighted by molar-refractivity contribution is -0.149. The highest BCUT2D eigenvalue weighted by Gasteiger charge is 2.23. The first-order chi connectivity index (χ1) is 16.7. The number of hydrogen-bond acceptors (Lipinski definition) is 2. The molecule has 0 heterocycles. The summed E-state index contributed by atoms with van der Waals surface area (Å²) in [5.74, 6) is 1.32. The number of carbonyl (C=O) groups excluding carboxylic acids is 1. The van der Waals surface area contributed by atoms with Crippen LogP contribution in [0.1, 0.15) is 102 Å². The van der Waals surface area contributed by atoms with Crippen LogP contribution in [0, 0.1) is 11.8 Å². The highest BCUT2D eigenvalue weighted by Crippen LogP contribution is 2.32. The summed E-state index contributed by atoms with van der Waals surface area (Å²) in [5.41, 5.74) is 2.93. The first-order valence-corrected chi connectivity index (χ1v) is 14.0. The van der Waals surface area contributed by atoms with Gasteiger partial charge in [0.1, 0.15) is 6.10 Å². The maximum atomic E-state index is 12.0. The van der Waals surface area contributed by atoms with Crippen molar-refractivity contribution < 1.29 is 9.53 Å². The molecule has 1 fully saturated rings. The average molecular weight is 463 g/mol. The Morgan fingerprint density at radius 3 is 1.62 bits per heavy atom. The zero-order valence-corrected chi connectivity index (χ0v) is 21.4. The molecule has 2 aromatic rings. The fraction of sp³-hybridized carbons (Fsp3) is 0.594. The normalized spacial score (nSPS) is 23.4. The average Bonchev–Trinajstić information content (AvgIpc) is 2.87. The Kier molecular flexibility index (Phi) is 12.3. The highest BCUT2D eigenvalue weighted by molar-refractivity contribution is 5.69. The molecule has 2 nitrogen and oxygen atoms in total. The SMILES string of the molecule is CCC(=O)OC1CCCCCCCCCC(Cc2ccccc2)C(Cc2ccccc2)CCC1. The lowest BCUT2D eigenvalue weighted by atomic mass is 9.77. The van der Waals surface area contributed by atoms with Crippen LogP contribution in [0.2, 0.25) is 0 Å². The molecule has 2 heteroatoms. The van der Waals surface area contributed by atoms with Gasteiger partial charge in [-0.3, -0.25) is 4.79 Å². The number of hydrogen-bond donors (Lipinski definition) is 0. The van der Waals surface area contributed by atoms with Gasteiger partial charge in [-0.05, 0) is 74.3 Å². The van der Waals surface area contributed by atoms with E-state index in [-0.39, 0.29) is 12.1 Å². The van der Waals surface area contributed by atoms with Crippen LogP contribution < -0.4 is 0 Å². The number of carbonyl (C=O) groups is 1. The molecule has 1 aliphatic carbocycles. The van der Waals surface area contributed by atoms with Crippen molar-refractivity contribution in [1.29, 1.82) is 0 Å². The Labute approximate surface area is 208 Å². The van der Waals surface area contributed by atoms with Gasteiger partial charge in [0.15, 0.2) is 0 Å². The summed E-state index contributed by atoms with van der Waals surface area (Å²) in [6, 6.07) is 22.1. The van der Waals surface area contributed by atoms with E-state index in [0.717, 1.165) is 25.7 Å². The third kappa shape index (κ3) is 10.0. The lowest BCUT2D eigenvalue weighted by Gasteiger charge is -2.29. The fourth-order valence-corrected chi connectivity index (χ4v) is 5.64. The maximum absolute atomic E-state index is 12.0. The van der Waals surface area contributed by atoms with E-state index in [4.69, 9.17) is 4.74 Å².